The van der Waals surface area contributed by atoms with Gasteiger partial charge in [-0.2, -0.15) is 0 Å². The van der Waals surface area contributed by atoms with Gasteiger partial charge in [-0.1, -0.05) is 11.6 Å². The largest absolute Gasteiger partial charge is 0.496 e. The fourth-order valence-electron chi connectivity index (χ4n) is 2.97. The summed E-state index contributed by atoms with van der Waals surface area (Å²) in [7, 11) is 1.57. The standard InChI is InChI=1S/C19H23N3O2/c1-14-6-8-17(24-2)16(12-14)19(23)21-15-7-9-18(20-13-15)22-10-4-3-5-11-22/h6-9,12-13H,3-5,10-11H2,1-2H3,(H,21,23). The number of rotatable bonds is 4. The van der Waals surface area contributed by atoms with Crippen molar-refractivity contribution in [2.75, 3.05) is 30.4 Å². The first kappa shape index (κ1) is 16.3. The second kappa shape index (κ2) is 7.34. The maximum absolute atomic E-state index is 12.5. The van der Waals surface area contributed by atoms with Gasteiger partial charge in [0.05, 0.1) is 24.6 Å². The molecule has 2 heterocycles. The zero-order valence-electron chi connectivity index (χ0n) is 14.2. The van der Waals surface area contributed by atoms with E-state index in [1.807, 2.05) is 37.3 Å². The Kier molecular flexibility index (Phi) is 4.99. The van der Waals surface area contributed by atoms with E-state index in [4.69, 9.17) is 4.74 Å². The summed E-state index contributed by atoms with van der Waals surface area (Å²) in [5.74, 6) is 1.35. The van der Waals surface area contributed by atoms with Gasteiger partial charge in [0.15, 0.2) is 0 Å². The van der Waals surface area contributed by atoms with Gasteiger partial charge in [0.25, 0.3) is 5.91 Å². The van der Waals surface area contributed by atoms with Crippen LogP contribution in [0.1, 0.15) is 35.2 Å². The molecule has 0 saturated carbocycles. The van der Waals surface area contributed by atoms with Gasteiger partial charge in [-0.05, 0) is 50.5 Å². The maximum Gasteiger partial charge on any atom is 0.259 e. The summed E-state index contributed by atoms with van der Waals surface area (Å²) < 4.78 is 5.27. The molecule has 0 unspecified atom stereocenters. The van der Waals surface area contributed by atoms with Gasteiger partial charge in [-0.15, -0.1) is 0 Å². The van der Waals surface area contributed by atoms with Crippen LogP contribution in [0.4, 0.5) is 11.5 Å². The normalized spacial score (nSPS) is 14.3. The van der Waals surface area contributed by atoms with Crippen LogP contribution in [0.3, 0.4) is 0 Å². The number of anilines is 2. The van der Waals surface area contributed by atoms with Crippen molar-refractivity contribution in [3.05, 3.63) is 47.7 Å². The zero-order chi connectivity index (χ0) is 16.9. The summed E-state index contributed by atoms with van der Waals surface area (Å²) in [6.07, 6.45) is 5.44. The summed E-state index contributed by atoms with van der Waals surface area (Å²) in [5, 5.41) is 2.89. The Bertz CT molecular complexity index is 707. The van der Waals surface area contributed by atoms with Gasteiger partial charge in [-0.3, -0.25) is 4.79 Å². The van der Waals surface area contributed by atoms with Crippen LogP contribution in [0.25, 0.3) is 0 Å². The number of nitrogens with one attached hydrogen (secondary N) is 1. The van der Waals surface area contributed by atoms with Crippen LogP contribution < -0.4 is 15.0 Å². The molecular weight excluding hydrogens is 302 g/mol. The van der Waals surface area contributed by atoms with Crippen LogP contribution in [0.15, 0.2) is 36.5 Å². The number of pyridine rings is 1. The van der Waals surface area contributed by atoms with Crippen molar-refractivity contribution in [1.29, 1.82) is 0 Å². The molecule has 126 valence electrons. The molecule has 0 radical (unpaired) electrons. The average Bonchev–Trinajstić information content (AvgIpc) is 2.63. The maximum atomic E-state index is 12.5. The summed E-state index contributed by atoms with van der Waals surface area (Å²) >= 11 is 0. The van der Waals surface area contributed by atoms with E-state index in [1.54, 1.807) is 13.3 Å². The van der Waals surface area contributed by atoms with Gasteiger partial charge in [0, 0.05) is 13.1 Å². The fraction of sp³-hybridized carbons (Fsp3) is 0.368. The highest BCUT2D eigenvalue weighted by molar-refractivity contribution is 6.06. The topological polar surface area (TPSA) is 54.5 Å². The lowest BCUT2D eigenvalue weighted by Crippen LogP contribution is -2.30. The Morgan fingerprint density at radius 2 is 1.96 bits per heavy atom. The van der Waals surface area contributed by atoms with Crippen LogP contribution in [0.2, 0.25) is 0 Å². The molecule has 0 bridgehead atoms. The molecule has 2 aromatic rings. The Labute approximate surface area is 142 Å². The first-order chi connectivity index (χ1) is 11.7. The summed E-state index contributed by atoms with van der Waals surface area (Å²) in [5.41, 5.74) is 2.22. The second-order valence-corrected chi connectivity index (χ2v) is 6.11. The summed E-state index contributed by atoms with van der Waals surface area (Å²) in [6, 6.07) is 9.42. The third kappa shape index (κ3) is 3.67. The smallest absolute Gasteiger partial charge is 0.259 e. The number of piperidine rings is 1. The van der Waals surface area contributed by atoms with E-state index in [0.29, 0.717) is 17.0 Å². The van der Waals surface area contributed by atoms with Crippen LogP contribution in [0.5, 0.6) is 5.75 Å². The molecule has 0 aliphatic carbocycles. The highest BCUT2D eigenvalue weighted by Gasteiger charge is 2.14. The average molecular weight is 325 g/mol. The van der Waals surface area contributed by atoms with Crippen LogP contribution in [-0.4, -0.2) is 31.1 Å². The van der Waals surface area contributed by atoms with Crippen molar-refractivity contribution >= 4 is 17.4 Å². The number of carbonyl (C=O) groups excluding carboxylic acids is 1. The van der Waals surface area contributed by atoms with E-state index in [9.17, 15) is 4.79 Å². The Hall–Kier alpha value is -2.56. The highest BCUT2D eigenvalue weighted by atomic mass is 16.5. The molecule has 1 saturated heterocycles. The molecule has 0 atom stereocenters. The number of nitrogens with zero attached hydrogens (tertiary/aromatic N) is 2. The lowest BCUT2D eigenvalue weighted by Gasteiger charge is -2.27. The Morgan fingerprint density at radius 3 is 2.62 bits per heavy atom. The summed E-state index contributed by atoms with van der Waals surface area (Å²) in [4.78, 5) is 19.3. The van der Waals surface area contributed by atoms with E-state index >= 15 is 0 Å². The van der Waals surface area contributed by atoms with Crippen molar-refractivity contribution in [3.63, 3.8) is 0 Å². The number of methoxy groups -OCH3 is 1. The summed E-state index contributed by atoms with van der Waals surface area (Å²) in [6.45, 7) is 4.06. The van der Waals surface area contributed by atoms with Gasteiger partial charge in [0.2, 0.25) is 0 Å². The van der Waals surface area contributed by atoms with Gasteiger partial charge < -0.3 is 15.0 Å². The first-order valence-corrected chi connectivity index (χ1v) is 8.34. The first-order valence-electron chi connectivity index (χ1n) is 8.34. The van der Waals surface area contributed by atoms with Crippen LogP contribution in [-0.2, 0) is 0 Å². The Morgan fingerprint density at radius 1 is 1.17 bits per heavy atom. The third-order valence-electron chi connectivity index (χ3n) is 4.29. The molecule has 1 N–H and O–H groups in total. The third-order valence-corrected chi connectivity index (χ3v) is 4.29. The van der Waals surface area contributed by atoms with Crippen molar-refractivity contribution < 1.29 is 9.53 Å². The van der Waals surface area contributed by atoms with Gasteiger partial charge in [-0.25, -0.2) is 4.98 Å². The van der Waals surface area contributed by atoms with E-state index in [0.717, 1.165) is 24.5 Å². The number of carbonyl (C=O) groups is 1. The number of hydrogen-bond acceptors (Lipinski definition) is 4. The number of hydrogen-bond donors (Lipinski definition) is 1. The molecule has 1 aromatic carbocycles. The van der Waals surface area contributed by atoms with E-state index in [-0.39, 0.29) is 5.91 Å². The molecular formula is C19H23N3O2. The predicted octanol–water partition coefficient (Wildman–Crippen LogP) is 3.64. The molecule has 5 heteroatoms. The number of ether oxygens (including phenoxy) is 1. The molecule has 1 aliphatic heterocycles. The molecule has 5 nitrogen and oxygen atoms in total. The minimum absolute atomic E-state index is 0.192. The molecule has 24 heavy (non-hydrogen) atoms. The highest BCUT2D eigenvalue weighted by Crippen LogP contribution is 2.22. The number of aryl methyl sites for hydroxylation is 1. The van der Waals surface area contributed by atoms with Crippen molar-refractivity contribution in [1.82, 2.24) is 4.98 Å². The number of benzene rings is 1. The quantitative estimate of drug-likeness (QED) is 0.932. The molecule has 1 fully saturated rings. The minimum atomic E-state index is -0.192. The van der Waals surface area contributed by atoms with Crippen molar-refractivity contribution in [3.8, 4) is 5.75 Å². The minimum Gasteiger partial charge on any atom is -0.496 e. The molecule has 0 spiro atoms. The molecule has 1 aliphatic rings. The van der Waals surface area contributed by atoms with E-state index in [2.05, 4.69) is 15.2 Å². The molecule has 3 rings (SSSR count). The van der Waals surface area contributed by atoms with E-state index < -0.39 is 0 Å². The molecule has 1 aromatic heterocycles. The van der Waals surface area contributed by atoms with Crippen LogP contribution >= 0.6 is 0 Å². The Balaban J connectivity index is 1.71. The van der Waals surface area contributed by atoms with Gasteiger partial charge >= 0.3 is 0 Å². The van der Waals surface area contributed by atoms with Crippen molar-refractivity contribution in [2.24, 2.45) is 0 Å². The second-order valence-electron chi connectivity index (χ2n) is 6.11. The monoisotopic (exact) mass is 325 g/mol. The lowest BCUT2D eigenvalue weighted by atomic mass is 10.1. The zero-order valence-corrected chi connectivity index (χ0v) is 14.2. The number of amides is 1. The predicted molar refractivity (Wildman–Crippen MR) is 96.0 cm³/mol. The van der Waals surface area contributed by atoms with E-state index in [1.165, 1.54) is 19.3 Å². The van der Waals surface area contributed by atoms with Crippen LogP contribution in [0, 0.1) is 6.92 Å². The van der Waals surface area contributed by atoms with Crippen molar-refractivity contribution in [2.45, 2.75) is 26.2 Å². The molecule has 1 amide bonds. The van der Waals surface area contributed by atoms with Gasteiger partial charge in [0.1, 0.15) is 11.6 Å². The lowest BCUT2D eigenvalue weighted by molar-refractivity contribution is 0.102. The number of aromatic nitrogens is 1. The fourth-order valence-corrected chi connectivity index (χ4v) is 2.97. The SMILES string of the molecule is COc1ccc(C)cc1C(=O)Nc1ccc(N2CCCCC2)nc1.